The lowest BCUT2D eigenvalue weighted by atomic mass is 10.0. The van der Waals surface area contributed by atoms with Crippen LogP contribution in [0.25, 0.3) is 0 Å². The van der Waals surface area contributed by atoms with E-state index in [0.29, 0.717) is 5.56 Å². The summed E-state index contributed by atoms with van der Waals surface area (Å²) in [6, 6.07) is 16.9. The molecule has 0 aliphatic rings. The molecular weight excluding hydrogens is 254 g/mol. The maximum Gasteiger partial charge on any atom is 0.107 e. The van der Waals surface area contributed by atoms with Crippen molar-refractivity contribution in [1.29, 1.82) is 0 Å². The molecular formula is C16H19NO3. The van der Waals surface area contributed by atoms with E-state index in [1.165, 1.54) is 0 Å². The maximum absolute atomic E-state index is 10.2. The highest BCUT2D eigenvalue weighted by Crippen LogP contribution is 2.28. The fourth-order valence-corrected chi connectivity index (χ4v) is 2.04. The van der Waals surface area contributed by atoms with Crippen molar-refractivity contribution < 1.29 is 15.3 Å². The Labute approximate surface area is 118 Å². The molecule has 2 rings (SSSR count). The standard InChI is InChI=1S/C16H19NO3/c18-11-10-15(19)16(20)13-8-4-5-9-14(13)17-12-6-2-1-3-7-12/h1-9,15-20H,10-11H2. The first-order valence-corrected chi connectivity index (χ1v) is 6.60. The van der Waals surface area contributed by atoms with Gasteiger partial charge < -0.3 is 20.6 Å². The first-order valence-electron chi connectivity index (χ1n) is 6.60. The van der Waals surface area contributed by atoms with E-state index in [0.717, 1.165) is 11.4 Å². The van der Waals surface area contributed by atoms with E-state index >= 15 is 0 Å². The first kappa shape index (κ1) is 14.5. The summed E-state index contributed by atoms with van der Waals surface area (Å²) in [4.78, 5) is 0. The molecule has 0 fully saturated rings. The van der Waals surface area contributed by atoms with Crippen LogP contribution in [0.15, 0.2) is 54.6 Å². The van der Waals surface area contributed by atoms with Crippen molar-refractivity contribution in [2.75, 3.05) is 11.9 Å². The molecule has 0 amide bonds. The van der Waals surface area contributed by atoms with E-state index in [2.05, 4.69) is 5.32 Å². The van der Waals surface area contributed by atoms with Gasteiger partial charge in [-0.3, -0.25) is 0 Å². The molecule has 2 aromatic carbocycles. The highest BCUT2D eigenvalue weighted by Gasteiger charge is 2.20. The lowest BCUT2D eigenvalue weighted by Gasteiger charge is -2.21. The quantitative estimate of drug-likeness (QED) is 0.651. The van der Waals surface area contributed by atoms with Gasteiger partial charge in [0.15, 0.2) is 0 Å². The summed E-state index contributed by atoms with van der Waals surface area (Å²) in [6.07, 6.45) is -1.88. The van der Waals surface area contributed by atoms with Crippen molar-refractivity contribution >= 4 is 11.4 Å². The summed E-state index contributed by atoms with van der Waals surface area (Å²) in [7, 11) is 0. The molecule has 2 aromatic rings. The summed E-state index contributed by atoms with van der Waals surface area (Å²) in [5.74, 6) is 0. The number of para-hydroxylation sites is 2. The van der Waals surface area contributed by atoms with E-state index in [-0.39, 0.29) is 13.0 Å². The molecule has 0 aliphatic heterocycles. The number of hydrogen-bond acceptors (Lipinski definition) is 4. The number of hydrogen-bond donors (Lipinski definition) is 4. The van der Waals surface area contributed by atoms with Gasteiger partial charge in [-0.25, -0.2) is 0 Å². The average Bonchev–Trinajstić information content (AvgIpc) is 2.48. The molecule has 2 atom stereocenters. The Balaban J connectivity index is 2.22. The number of rotatable bonds is 6. The molecule has 4 heteroatoms. The fraction of sp³-hybridized carbons (Fsp3) is 0.250. The minimum absolute atomic E-state index is 0.140. The zero-order valence-corrected chi connectivity index (χ0v) is 11.1. The number of aliphatic hydroxyl groups excluding tert-OH is 3. The predicted octanol–water partition coefficient (Wildman–Crippen LogP) is 2.21. The Bertz CT molecular complexity index is 530. The third-order valence-electron chi connectivity index (χ3n) is 3.12. The lowest BCUT2D eigenvalue weighted by Crippen LogP contribution is -2.20. The van der Waals surface area contributed by atoms with Gasteiger partial charge in [0.05, 0.1) is 6.10 Å². The minimum Gasteiger partial charge on any atom is -0.396 e. The minimum atomic E-state index is -1.03. The van der Waals surface area contributed by atoms with E-state index in [1.54, 1.807) is 12.1 Å². The summed E-state index contributed by atoms with van der Waals surface area (Å²) >= 11 is 0. The highest BCUT2D eigenvalue weighted by molar-refractivity contribution is 5.63. The highest BCUT2D eigenvalue weighted by atomic mass is 16.3. The molecule has 0 saturated carbocycles. The van der Waals surface area contributed by atoms with Gasteiger partial charge in [-0.2, -0.15) is 0 Å². The number of nitrogens with one attached hydrogen (secondary N) is 1. The third-order valence-corrected chi connectivity index (χ3v) is 3.12. The van der Waals surface area contributed by atoms with Crippen LogP contribution in [0.5, 0.6) is 0 Å². The predicted molar refractivity (Wildman–Crippen MR) is 78.8 cm³/mol. The van der Waals surface area contributed by atoms with Crippen LogP contribution in [0.4, 0.5) is 11.4 Å². The molecule has 0 aromatic heterocycles. The molecule has 0 spiro atoms. The smallest absolute Gasteiger partial charge is 0.107 e. The number of anilines is 2. The molecule has 20 heavy (non-hydrogen) atoms. The second-order valence-electron chi connectivity index (χ2n) is 4.60. The molecule has 0 heterocycles. The van der Waals surface area contributed by atoms with Crippen molar-refractivity contribution in [3.8, 4) is 0 Å². The van der Waals surface area contributed by atoms with E-state index in [1.807, 2.05) is 42.5 Å². The summed E-state index contributed by atoms with van der Waals surface area (Å²) in [5.41, 5.74) is 2.25. The van der Waals surface area contributed by atoms with Crippen LogP contribution in [0.3, 0.4) is 0 Å². The van der Waals surface area contributed by atoms with Crippen molar-refractivity contribution in [3.05, 3.63) is 60.2 Å². The van der Waals surface area contributed by atoms with Crippen molar-refractivity contribution in [1.82, 2.24) is 0 Å². The Morgan fingerprint density at radius 3 is 2.25 bits per heavy atom. The van der Waals surface area contributed by atoms with E-state index in [4.69, 9.17) is 5.11 Å². The molecule has 4 N–H and O–H groups in total. The van der Waals surface area contributed by atoms with Gasteiger partial charge in [0, 0.05) is 23.5 Å². The summed E-state index contributed by atoms with van der Waals surface area (Å²) in [5, 5.41) is 32.1. The van der Waals surface area contributed by atoms with Gasteiger partial charge in [0.25, 0.3) is 0 Å². The van der Waals surface area contributed by atoms with Crippen molar-refractivity contribution in [3.63, 3.8) is 0 Å². The Hall–Kier alpha value is -1.88. The summed E-state index contributed by atoms with van der Waals surface area (Å²) in [6.45, 7) is -0.160. The van der Waals surface area contributed by atoms with Crippen molar-refractivity contribution in [2.45, 2.75) is 18.6 Å². The molecule has 0 bridgehead atoms. The second kappa shape index (κ2) is 7.05. The van der Waals surface area contributed by atoms with Gasteiger partial charge in [-0.05, 0) is 24.6 Å². The zero-order valence-electron chi connectivity index (χ0n) is 11.1. The van der Waals surface area contributed by atoms with Crippen LogP contribution in [0.2, 0.25) is 0 Å². The van der Waals surface area contributed by atoms with Crippen LogP contribution in [0.1, 0.15) is 18.1 Å². The maximum atomic E-state index is 10.2. The third kappa shape index (κ3) is 3.57. The Morgan fingerprint density at radius 1 is 0.900 bits per heavy atom. The Morgan fingerprint density at radius 2 is 1.55 bits per heavy atom. The van der Waals surface area contributed by atoms with Gasteiger partial charge in [0.1, 0.15) is 6.10 Å². The van der Waals surface area contributed by atoms with E-state index in [9.17, 15) is 10.2 Å². The first-order chi connectivity index (χ1) is 9.72. The Kier molecular flexibility index (Phi) is 5.12. The van der Waals surface area contributed by atoms with Gasteiger partial charge in [-0.1, -0.05) is 36.4 Å². The largest absolute Gasteiger partial charge is 0.396 e. The molecule has 2 unspecified atom stereocenters. The van der Waals surface area contributed by atoms with Gasteiger partial charge in [-0.15, -0.1) is 0 Å². The van der Waals surface area contributed by atoms with Crippen LogP contribution >= 0.6 is 0 Å². The van der Waals surface area contributed by atoms with Crippen molar-refractivity contribution in [2.24, 2.45) is 0 Å². The molecule has 4 nitrogen and oxygen atoms in total. The lowest BCUT2D eigenvalue weighted by molar-refractivity contribution is 0.00459. The zero-order chi connectivity index (χ0) is 14.4. The SMILES string of the molecule is OCCC(O)C(O)c1ccccc1Nc1ccccc1. The normalized spacial score (nSPS) is 13.8. The van der Waals surface area contributed by atoms with Crippen LogP contribution in [0, 0.1) is 0 Å². The molecule has 0 aliphatic carbocycles. The average molecular weight is 273 g/mol. The summed E-state index contributed by atoms with van der Waals surface area (Å²) < 4.78 is 0. The molecule has 0 saturated heterocycles. The van der Waals surface area contributed by atoms with Gasteiger partial charge >= 0.3 is 0 Å². The topological polar surface area (TPSA) is 72.7 Å². The number of benzene rings is 2. The van der Waals surface area contributed by atoms with Crippen LogP contribution in [-0.2, 0) is 0 Å². The van der Waals surface area contributed by atoms with Crippen LogP contribution in [-0.4, -0.2) is 28.0 Å². The number of aliphatic hydroxyl groups is 3. The fourth-order valence-electron chi connectivity index (χ4n) is 2.04. The van der Waals surface area contributed by atoms with E-state index < -0.39 is 12.2 Å². The van der Waals surface area contributed by atoms with Crippen LogP contribution < -0.4 is 5.32 Å². The second-order valence-corrected chi connectivity index (χ2v) is 4.60. The van der Waals surface area contributed by atoms with Gasteiger partial charge in [0.2, 0.25) is 0 Å². The monoisotopic (exact) mass is 273 g/mol. The molecule has 106 valence electrons. The molecule has 0 radical (unpaired) electrons.